The van der Waals surface area contributed by atoms with E-state index < -0.39 is 29.2 Å². The number of nitrogens with one attached hydrogen (secondary N) is 1. The molecule has 5 heteroatoms. The van der Waals surface area contributed by atoms with Gasteiger partial charge in [0.1, 0.15) is 5.82 Å². The molecule has 0 aromatic heterocycles. The molecular weight excluding hydrogens is 341 g/mol. The first kappa shape index (κ1) is 17.1. The predicted octanol–water partition coefficient (Wildman–Crippen LogP) is 2.52. The maximum atomic E-state index is 13.5. The minimum absolute atomic E-state index is 0.0965. The first-order chi connectivity index (χ1) is 13.0. The zero-order valence-electron chi connectivity index (χ0n) is 14.7. The molecule has 2 aliphatic heterocycles. The largest absolute Gasteiger partial charge is 0.293 e. The van der Waals surface area contributed by atoms with Gasteiger partial charge in [-0.15, -0.1) is 0 Å². The van der Waals surface area contributed by atoms with E-state index in [0.717, 1.165) is 16.0 Å². The van der Waals surface area contributed by atoms with Crippen molar-refractivity contribution < 1.29 is 14.1 Å². The second kappa shape index (κ2) is 6.16. The molecule has 0 spiro atoms. The fraction of sp³-hybridized carbons (Fsp3) is 0.227. The molecule has 1 fully saturated rings. The fourth-order valence-electron chi connectivity index (χ4n) is 4.70. The van der Waals surface area contributed by atoms with Crippen molar-refractivity contribution in [2.45, 2.75) is 24.9 Å². The van der Waals surface area contributed by atoms with E-state index in [9.17, 15) is 19.7 Å². The monoisotopic (exact) mass is 358 g/mol. The normalized spacial score (nSPS) is 27.1. The first-order valence-electron chi connectivity index (χ1n) is 8.75. The lowest BCUT2D eigenvalue weighted by Gasteiger charge is -2.29. The summed E-state index contributed by atoms with van der Waals surface area (Å²) in [5.74, 6) is -1.15. The molecule has 0 aliphatic carbocycles. The van der Waals surface area contributed by atoms with Crippen LogP contribution in [0.2, 0.25) is 0 Å². The molecule has 4 atom stereocenters. The average Bonchev–Trinajstić information content (AvgIpc) is 3.00. The number of hydrogen-bond donors (Lipinski definition) is 1. The highest BCUT2D eigenvalue weighted by atomic mass is 19.1. The summed E-state index contributed by atoms with van der Waals surface area (Å²) >= 11 is 0. The summed E-state index contributed by atoms with van der Waals surface area (Å²) in [5, 5.41) is 20.3. The van der Waals surface area contributed by atoms with Crippen LogP contribution in [0.4, 0.5) is 4.39 Å². The van der Waals surface area contributed by atoms with Crippen LogP contribution in [0.1, 0.15) is 35.6 Å². The standard InChI is InChI=1S/C22H16FN3O/c1-14(27)20-19(16-6-8-17(23)9-7-16)22(12-24,13-25)21-18-5-3-2-4-15(18)10-11-26(20)21/h2-11,19-21H,1H3/p+1/t19-,20-,21+/m0/s1. The third-order valence-electron chi connectivity index (χ3n) is 5.77. The van der Waals surface area contributed by atoms with E-state index in [1.54, 1.807) is 12.1 Å². The molecule has 2 heterocycles. The predicted molar refractivity (Wildman–Crippen MR) is 96.4 cm³/mol. The van der Waals surface area contributed by atoms with Gasteiger partial charge >= 0.3 is 0 Å². The molecule has 0 bridgehead atoms. The summed E-state index contributed by atoms with van der Waals surface area (Å²) in [6.07, 6.45) is 3.82. The minimum Gasteiger partial charge on any atom is -0.293 e. The number of fused-ring (bicyclic) bond motifs is 3. The van der Waals surface area contributed by atoms with E-state index in [1.165, 1.54) is 19.1 Å². The molecule has 2 aliphatic rings. The SMILES string of the molecule is CC(=O)[C@H]1[C@H](c2ccc(F)cc2)C(C#N)(C#N)[C@H]2c3ccccc3C=C[NH+]12. The number of quaternary nitrogens is 1. The lowest BCUT2D eigenvalue weighted by Crippen LogP contribution is -3.11. The topological polar surface area (TPSA) is 69.1 Å². The van der Waals surface area contributed by atoms with Crippen molar-refractivity contribution >= 4 is 11.9 Å². The molecule has 0 radical (unpaired) electrons. The van der Waals surface area contributed by atoms with Gasteiger partial charge in [-0.3, -0.25) is 9.69 Å². The van der Waals surface area contributed by atoms with Gasteiger partial charge in [0.2, 0.25) is 5.41 Å². The van der Waals surface area contributed by atoms with Crippen molar-refractivity contribution in [3.63, 3.8) is 0 Å². The third kappa shape index (κ3) is 2.33. The highest BCUT2D eigenvalue weighted by Crippen LogP contribution is 2.51. The van der Waals surface area contributed by atoms with E-state index in [4.69, 9.17) is 0 Å². The van der Waals surface area contributed by atoms with Crippen LogP contribution in [-0.4, -0.2) is 11.8 Å². The number of benzene rings is 2. The minimum atomic E-state index is -1.44. The zero-order chi connectivity index (χ0) is 19.2. The molecule has 132 valence electrons. The summed E-state index contributed by atoms with van der Waals surface area (Å²) in [5.41, 5.74) is 1.02. The molecule has 1 N–H and O–H groups in total. The van der Waals surface area contributed by atoms with E-state index in [1.807, 2.05) is 36.5 Å². The number of nitriles is 2. The van der Waals surface area contributed by atoms with Crippen LogP contribution in [0.5, 0.6) is 0 Å². The third-order valence-corrected chi connectivity index (χ3v) is 5.77. The Bertz CT molecular complexity index is 1010. The summed E-state index contributed by atoms with van der Waals surface area (Å²) < 4.78 is 13.5. The van der Waals surface area contributed by atoms with Gasteiger partial charge < -0.3 is 0 Å². The number of carbonyl (C=O) groups excluding carboxylic acids is 1. The van der Waals surface area contributed by atoms with Gasteiger partial charge in [0.15, 0.2) is 17.9 Å². The second-order valence-electron chi connectivity index (χ2n) is 7.11. The number of rotatable bonds is 2. The number of ketones is 1. The van der Waals surface area contributed by atoms with Crippen molar-refractivity contribution in [2.75, 3.05) is 0 Å². The molecule has 1 unspecified atom stereocenters. The Balaban J connectivity index is 2.00. The van der Waals surface area contributed by atoms with E-state index in [0.29, 0.717) is 5.56 Å². The molecule has 4 rings (SSSR count). The van der Waals surface area contributed by atoms with Gasteiger partial charge in [-0.1, -0.05) is 36.4 Å². The van der Waals surface area contributed by atoms with Gasteiger partial charge in [-0.05, 0) is 29.3 Å². The lowest BCUT2D eigenvalue weighted by molar-refractivity contribution is -0.885. The van der Waals surface area contributed by atoms with Crippen LogP contribution in [0.25, 0.3) is 6.08 Å². The van der Waals surface area contributed by atoms with E-state index >= 15 is 0 Å². The van der Waals surface area contributed by atoms with Gasteiger partial charge in [-0.2, -0.15) is 10.5 Å². The summed E-state index contributed by atoms with van der Waals surface area (Å²) in [4.78, 5) is 13.4. The van der Waals surface area contributed by atoms with Crippen molar-refractivity contribution in [2.24, 2.45) is 5.41 Å². The molecule has 2 aromatic rings. The maximum absolute atomic E-state index is 13.5. The maximum Gasteiger partial charge on any atom is 0.212 e. The van der Waals surface area contributed by atoms with Crippen molar-refractivity contribution in [1.82, 2.24) is 0 Å². The Morgan fingerprint density at radius 1 is 1.11 bits per heavy atom. The summed E-state index contributed by atoms with van der Waals surface area (Å²) in [6.45, 7) is 1.49. The quantitative estimate of drug-likeness (QED) is 0.897. The van der Waals surface area contributed by atoms with Crippen LogP contribution in [-0.2, 0) is 4.79 Å². The lowest BCUT2D eigenvalue weighted by atomic mass is 9.68. The van der Waals surface area contributed by atoms with E-state index in [2.05, 4.69) is 12.1 Å². The highest BCUT2D eigenvalue weighted by molar-refractivity contribution is 5.82. The van der Waals surface area contributed by atoms with Gasteiger partial charge in [-0.25, -0.2) is 4.39 Å². The second-order valence-corrected chi connectivity index (χ2v) is 7.11. The molecule has 0 amide bonds. The summed E-state index contributed by atoms with van der Waals surface area (Å²) in [6, 6.07) is 16.8. The van der Waals surface area contributed by atoms with Crippen LogP contribution >= 0.6 is 0 Å². The average molecular weight is 358 g/mol. The Hall–Kier alpha value is -3.28. The molecule has 1 saturated heterocycles. The Kier molecular flexibility index (Phi) is 3.91. The van der Waals surface area contributed by atoms with Crippen molar-refractivity contribution in [3.05, 3.63) is 77.2 Å². The number of halogens is 1. The van der Waals surface area contributed by atoms with Gasteiger partial charge in [0.25, 0.3) is 0 Å². The molecule has 4 nitrogen and oxygen atoms in total. The molecular formula is C22H17FN3O+. The number of carbonyl (C=O) groups is 1. The summed E-state index contributed by atoms with van der Waals surface area (Å²) in [7, 11) is 0. The van der Waals surface area contributed by atoms with Crippen molar-refractivity contribution in [1.29, 1.82) is 10.5 Å². The molecule has 27 heavy (non-hydrogen) atoms. The Morgan fingerprint density at radius 3 is 2.41 bits per heavy atom. The van der Waals surface area contributed by atoms with Crippen LogP contribution in [0, 0.1) is 33.9 Å². The van der Waals surface area contributed by atoms with Gasteiger partial charge in [0, 0.05) is 12.5 Å². The van der Waals surface area contributed by atoms with Crippen LogP contribution in [0.15, 0.2) is 54.7 Å². The number of hydrogen-bond acceptors (Lipinski definition) is 3. The fourth-order valence-corrected chi connectivity index (χ4v) is 4.70. The Labute approximate surface area is 156 Å². The van der Waals surface area contributed by atoms with Crippen molar-refractivity contribution in [3.8, 4) is 12.1 Å². The number of nitrogens with zero attached hydrogens (tertiary/aromatic N) is 2. The Morgan fingerprint density at radius 2 is 1.78 bits per heavy atom. The smallest absolute Gasteiger partial charge is 0.212 e. The van der Waals surface area contributed by atoms with Crippen LogP contribution < -0.4 is 4.90 Å². The zero-order valence-corrected chi connectivity index (χ0v) is 14.7. The molecule has 2 aromatic carbocycles. The number of Topliss-reactive ketones (excluding diaryl/α,β-unsaturated/α-hetero) is 1. The molecule has 0 saturated carbocycles. The highest BCUT2D eigenvalue weighted by Gasteiger charge is 2.67. The van der Waals surface area contributed by atoms with Gasteiger partial charge in [0.05, 0.1) is 24.3 Å². The first-order valence-corrected chi connectivity index (χ1v) is 8.75. The van der Waals surface area contributed by atoms with E-state index in [-0.39, 0.29) is 5.78 Å². The van der Waals surface area contributed by atoms with Crippen LogP contribution in [0.3, 0.4) is 0 Å².